The van der Waals surface area contributed by atoms with Crippen LogP contribution in [-0.4, -0.2) is 30.9 Å². The third kappa shape index (κ3) is 4.66. The second kappa shape index (κ2) is 11.0. The van der Waals surface area contributed by atoms with Crippen LogP contribution in [0.1, 0.15) is 111 Å². The van der Waals surface area contributed by atoms with Crippen LogP contribution in [-0.2, 0) is 9.53 Å². The number of carbonyl (C=O) groups excluding carboxylic acids is 1. The lowest BCUT2D eigenvalue weighted by atomic mass is 9.32. The van der Waals surface area contributed by atoms with Crippen molar-refractivity contribution in [3.63, 3.8) is 0 Å². The summed E-state index contributed by atoms with van der Waals surface area (Å²) >= 11 is 0. The molecule has 5 aliphatic rings. The maximum atomic E-state index is 13.0. The van der Waals surface area contributed by atoms with Crippen LogP contribution in [0.4, 0.5) is 0 Å². The zero-order valence-corrected chi connectivity index (χ0v) is 28.6. The highest BCUT2D eigenvalue weighted by Gasteiger charge is 2.71. The molecule has 10 atom stereocenters. The highest BCUT2D eigenvalue weighted by atomic mass is 16.5. The molecule has 5 fully saturated rings. The number of rotatable bonds is 6. The Kier molecular flexibility index (Phi) is 7.99. The van der Waals surface area contributed by atoms with Crippen molar-refractivity contribution in [2.24, 2.45) is 56.7 Å². The summed E-state index contributed by atoms with van der Waals surface area (Å²) in [5.74, 6) is 3.48. The van der Waals surface area contributed by atoms with Gasteiger partial charge in [-0.15, -0.1) is 0 Å². The number of hydrogen-bond donors (Lipinski definition) is 1. The smallest absolute Gasteiger partial charge is 0.330 e. The van der Waals surface area contributed by atoms with Gasteiger partial charge in [-0.2, -0.15) is 0 Å². The lowest BCUT2D eigenvalue weighted by Gasteiger charge is -2.73. The van der Waals surface area contributed by atoms with Crippen LogP contribution in [0.2, 0.25) is 0 Å². The van der Waals surface area contributed by atoms with Crippen LogP contribution < -0.4 is 4.74 Å². The van der Waals surface area contributed by atoms with E-state index in [9.17, 15) is 9.90 Å². The number of benzene rings is 1. The molecular formula is C40H58O4. The molecular weight excluding hydrogens is 544 g/mol. The molecule has 242 valence electrons. The molecule has 0 aliphatic heterocycles. The predicted octanol–water partition coefficient (Wildman–Crippen LogP) is 9.27. The highest BCUT2D eigenvalue weighted by Crippen LogP contribution is 2.77. The van der Waals surface area contributed by atoms with Gasteiger partial charge in [-0.25, -0.2) is 4.79 Å². The van der Waals surface area contributed by atoms with Crippen LogP contribution in [0.25, 0.3) is 6.08 Å². The summed E-state index contributed by atoms with van der Waals surface area (Å²) in [6, 6.07) is 7.72. The third-order valence-corrected chi connectivity index (χ3v) is 15.2. The number of aliphatic hydroxyl groups is 1. The second-order valence-corrected chi connectivity index (χ2v) is 17.1. The van der Waals surface area contributed by atoms with Crippen molar-refractivity contribution < 1.29 is 19.4 Å². The standard InChI is InChI=1S/C40H58O4/c1-26(2)29-17-22-40(25-44-34(42)16-11-27-9-12-28(43-8)13-10-27)24-23-38(6)30(35(29)40)14-15-32-37(5)20-19-33(41)36(3,4)31(37)18-21-39(32,38)7/h9-13,16,29-33,35,41H,1,14-15,17-25H2,2-8H3/b16-11+/t29?,30?,31?,32?,33?,35?,37?,38-,39-,40?/m1/s1. The van der Waals surface area contributed by atoms with Gasteiger partial charge in [0, 0.05) is 11.5 Å². The van der Waals surface area contributed by atoms with Gasteiger partial charge >= 0.3 is 5.97 Å². The largest absolute Gasteiger partial charge is 0.497 e. The minimum Gasteiger partial charge on any atom is -0.497 e. The molecule has 8 unspecified atom stereocenters. The van der Waals surface area contributed by atoms with E-state index in [1.54, 1.807) is 13.2 Å². The summed E-state index contributed by atoms with van der Waals surface area (Å²) in [5.41, 5.74) is 3.13. The molecule has 0 spiro atoms. The number of esters is 1. The first-order valence-corrected chi connectivity index (χ1v) is 17.5. The molecule has 1 N–H and O–H groups in total. The molecule has 5 aliphatic carbocycles. The number of ether oxygens (including phenoxy) is 2. The van der Waals surface area contributed by atoms with Crippen molar-refractivity contribution in [3.05, 3.63) is 48.1 Å². The first-order chi connectivity index (χ1) is 20.7. The average molecular weight is 603 g/mol. The topological polar surface area (TPSA) is 55.8 Å². The summed E-state index contributed by atoms with van der Waals surface area (Å²) in [6.07, 6.45) is 15.0. The summed E-state index contributed by atoms with van der Waals surface area (Å²) in [4.78, 5) is 13.0. The second-order valence-electron chi connectivity index (χ2n) is 17.1. The Morgan fingerprint density at radius 3 is 2.32 bits per heavy atom. The molecule has 0 amide bonds. The van der Waals surface area contributed by atoms with Crippen molar-refractivity contribution in [1.29, 1.82) is 0 Å². The summed E-state index contributed by atoms with van der Waals surface area (Å²) in [6.45, 7) is 19.9. The van der Waals surface area contributed by atoms with Crippen LogP contribution >= 0.6 is 0 Å². The van der Waals surface area contributed by atoms with Gasteiger partial charge in [-0.1, -0.05) is 58.9 Å². The van der Waals surface area contributed by atoms with E-state index < -0.39 is 0 Å². The van der Waals surface area contributed by atoms with Crippen LogP contribution in [0.15, 0.2) is 42.5 Å². The maximum Gasteiger partial charge on any atom is 0.330 e. The number of allylic oxidation sites excluding steroid dienone is 1. The first-order valence-electron chi connectivity index (χ1n) is 17.5. The SMILES string of the molecule is C=C(C)C1CCC2(COC(=O)/C=C/c3ccc(OC)cc3)CC[C@]3(C)C(CCC4C5(C)CCC(O)C(C)(C)C5CC[C@]43C)C12. The van der Waals surface area contributed by atoms with Crippen LogP contribution in [0, 0.1) is 56.7 Å². The number of hydrogen-bond acceptors (Lipinski definition) is 4. The van der Waals surface area contributed by atoms with E-state index in [4.69, 9.17) is 9.47 Å². The number of fused-ring (bicyclic) bond motifs is 7. The lowest BCUT2D eigenvalue weighted by molar-refractivity contribution is -0.249. The van der Waals surface area contributed by atoms with Gasteiger partial charge in [0.15, 0.2) is 0 Å². The molecule has 4 heteroatoms. The monoisotopic (exact) mass is 602 g/mol. The number of aliphatic hydroxyl groups excluding tert-OH is 1. The van der Waals surface area contributed by atoms with E-state index in [1.165, 1.54) is 37.7 Å². The average Bonchev–Trinajstić information content (AvgIpc) is 3.38. The minimum absolute atomic E-state index is 0.0179. The number of methoxy groups -OCH3 is 1. The van der Waals surface area contributed by atoms with E-state index in [-0.39, 0.29) is 39.1 Å². The lowest BCUT2D eigenvalue weighted by Crippen LogP contribution is -2.66. The molecule has 0 aromatic heterocycles. The van der Waals surface area contributed by atoms with Crippen molar-refractivity contribution in [1.82, 2.24) is 0 Å². The van der Waals surface area contributed by atoms with Gasteiger partial charge < -0.3 is 14.6 Å². The van der Waals surface area contributed by atoms with Crippen molar-refractivity contribution in [2.45, 2.75) is 112 Å². The molecule has 0 radical (unpaired) electrons. The Hall–Kier alpha value is -2.07. The Morgan fingerprint density at radius 1 is 0.909 bits per heavy atom. The Balaban J connectivity index is 1.25. The summed E-state index contributed by atoms with van der Waals surface area (Å²) in [5, 5.41) is 11.0. The molecule has 0 saturated heterocycles. The van der Waals surface area contributed by atoms with Crippen molar-refractivity contribution in [2.75, 3.05) is 13.7 Å². The molecule has 4 nitrogen and oxygen atoms in total. The van der Waals surface area contributed by atoms with E-state index in [2.05, 4.69) is 48.1 Å². The van der Waals surface area contributed by atoms with Gasteiger partial charge in [0.05, 0.1) is 19.8 Å². The maximum absolute atomic E-state index is 13.0. The molecule has 1 aromatic rings. The Labute approximate surface area is 267 Å². The van der Waals surface area contributed by atoms with Crippen molar-refractivity contribution in [3.8, 4) is 5.75 Å². The zero-order valence-electron chi connectivity index (χ0n) is 28.6. The summed E-state index contributed by atoms with van der Waals surface area (Å²) in [7, 11) is 1.66. The van der Waals surface area contributed by atoms with Crippen LogP contribution in [0.5, 0.6) is 5.75 Å². The van der Waals surface area contributed by atoms with Gasteiger partial charge in [0.1, 0.15) is 5.75 Å². The fourth-order valence-corrected chi connectivity index (χ4v) is 12.7. The molecule has 0 bridgehead atoms. The fraction of sp³-hybridized carbons (Fsp3) is 0.725. The zero-order chi connectivity index (χ0) is 31.7. The Morgan fingerprint density at radius 2 is 1.64 bits per heavy atom. The van der Waals surface area contributed by atoms with Gasteiger partial charge in [0.25, 0.3) is 0 Å². The van der Waals surface area contributed by atoms with Gasteiger partial charge in [-0.05, 0) is 146 Å². The van der Waals surface area contributed by atoms with E-state index in [0.717, 1.165) is 43.4 Å². The van der Waals surface area contributed by atoms with Gasteiger partial charge in [-0.3, -0.25) is 0 Å². The highest BCUT2D eigenvalue weighted by molar-refractivity contribution is 5.87. The van der Waals surface area contributed by atoms with E-state index in [0.29, 0.717) is 36.2 Å². The van der Waals surface area contributed by atoms with E-state index in [1.807, 2.05) is 30.3 Å². The van der Waals surface area contributed by atoms with Crippen molar-refractivity contribution >= 4 is 12.0 Å². The van der Waals surface area contributed by atoms with Crippen LogP contribution in [0.3, 0.4) is 0 Å². The first kappa shape index (κ1) is 31.9. The minimum atomic E-state index is -0.245. The quantitative estimate of drug-likeness (QED) is 0.200. The fourth-order valence-electron chi connectivity index (χ4n) is 12.7. The molecule has 5 saturated carbocycles. The normalized spacial score (nSPS) is 44.2. The van der Waals surface area contributed by atoms with E-state index >= 15 is 0 Å². The molecule has 0 heterocycles. The number of carbonyl (C=O) groups is 1. The molecule has 1 aromatic carbocycles. The Bertz CT molecular complexity index is 1290. The molecule has 6 rings (SSSR count). The van der Waals surface area contributed by atoms with Gasteiger partial charge in [0.2, 0.25) is 0 Å². The third-order valence-electron chi connectivity index (χ3n) is 15.2. The molecule has 44 heavy (non-hydrogen) atoms. The summed E-state index contributed by atoms with van der Waals surface area (Å²) < 4.78 is 11.4. The predicted molar refractivity (Wildman–Crippen MR) is 178 cm³/mol.